The number of carbonyl (C=O) groups is 1. The van der Waals surface area contributed by atoms with E-state index in [1.54, 1.807) is 13.0 Å². The zero-order chi connectivity index (χ0) is 14.5. The smallest absolute Gasteiger partial charge is 0.365 e. The lowest BCUT2D eigenvalue weighted by atomic mass is 10.2. The second kappa shape index (κ2) is 6.03. The van der Waals surface area contributed by atoms with Crippen LogP contribution in [0.5, 0.6) is 0 Å². The van der Waals surface area contributed by atoms with Gasteiger partial charge in [-0.1, -0.05) is 35.5 Å². The standard InChI is InChI=1S/C7H5F3.C5H6N2O2/c8-7(9,10)6-4-2-1-3-5-6;1-3-4(5(6)8)2-7-9-3/h1-5H;2H,1H3,(H2,6,8). The Balaban J connectivity index is 0.000000191. The van der Waals surface area contributed by atoms with E-state index in [1.165, 1.54) is 18.3 Å². The number of hydrogen-bond acceptors (Lipinski definition) is 3. The van der Waals surface area contributed by atoms with Crippen molar-refractivity contribution in [2.75, 3.05) is 0 Å². The molecule has 4 nitrogen and oxygen atoms in total. The molecule has 1 amide bonds. The van der Waals surface area contributed by atoms with Crippen LogP contribution in [0.3, 0.4) is 0 Å². The van der Waals surface area contributed by atoms with E-state index in [9.17, 15) is 18.0 Å². The molecule has 102 valence electrons. The van der Waals surface area contributed by atoms with E-state index in [2.05, 4.69) is 9.68 Å². The van der Waals surface area contributed by atoms with E-state index in [0.717, 1.165) is 12.1 Å². The van der Waals surface area contributed by atoms with Crippen LogP contribution in [0.1, 0.15) is 21.7 Å². The summed E-state index contributed by atoms with van der Waals surface area (Å²) in [6, 6.07) is 6.36. The third-order valence-electron chi connectivity index (χ3n) is 2.12. The van der Waals surface area contributed by atoms with Gasteiger partial charge < -0.3 is 10.3 Å². The fourth-order valence-corrected chi connectivity index (χ4v) is 1.16. The maximum Gasteiger partial charge on any atom is 0.416 e. The van der Waals surface area contributed by atoms with E-state index in [1.807, 2.05) is 0 Å². The molecule has 0 spiro atoms. The molecule has 1 heterocycles. The molecule has 1 aromatic carbocycles. The summed E-state index contributed by atoms with van der Waals surface area (Å²) in [5.74, 6) is -0.0451. The second-order valence-electron chi connectivity index (χ2n) is 3.52. The number of rotatable bonds is 1. The first-order valence-electron chi connectivity index (χ1n) is 5.15. The maximum absolute atomic E-state index is 11.8. The van der Waals surface area contributed by atoms with E-state index in [-0.39, 0.29) is 0 Å². The Bertz CT molecular complexity index is 535. The second-order valence-corrected chi connectivity index (χ2v) is 3.52. The molecule has 0 unspecified atom stereocenters. The predicted molar refractivity (Wildman–Crippen MR) is 61.2 cm³/mol. The summed E-state index contributed by atoms with van der Waals surface area (Å²) < 4.78 is 39.9. The van der Waals surface area contributed by atoms with Gasteiger partial charge in [-0.25, -0.2) is 0 Å². The molecule has 0 bridgehead atoms. The molecule has 0 aliphatic heterocycles. The van der Waals surface area contributed by atoms with Gasteiger partial charge in [-0.3, -0.25) is 4.79 Å². The molecule has 2 rings (SSSR count). The molecule has 0 atom stereocenters. The number of aromatic nitrogens is 1. The lowest BCUT2D eigenvalue weighted by Crippen LogP contribution is -2.10. The van der Waals surface area contributed by atoms with Gasteiger partial charge in [0.15, 0.2) is 0 Å². The highest BCUT2D eigenvalue weighted by molar-refractivity contribution is 5.93. The summed E-state index contributed by atoms with van der Waals surface area (Å²) >= 11 is 0. The minimum atomic E-state index is -4.21. The van der Waals surface area contributed by atoms with Crippen molar-refractivity contribution >= 4 is 5.91 Å². The Labute approximate surface area is 107 Å². The highest BCUT2D eigenvalue weighted by Crippen LogP contribution is 2.28. The molecule has 2 N–H and O–H groups in total. The van der Waals surface area contributed by atoms with Crippen LogP contribution in [0.2, 0.25) is 0 Å². The molecule has 0 fully saturated rings. The van der Waals surface area contributed by atoms with Gasteiger partial charge >= 0.3 is 6.18 Å². The van der Waals surface area contributed by atoms with Crippen molar-refractivity contribution < 1.29 is 22.5 Å². The molecular weight excluding hydrogens is 261 g/mol. The van der Waals surface area contributed by atoms with Gasteiger partial charge in [-0.05, 0) is 6.92 Å². The van der Waals surface area contributed by atoms with Crippen molar-refractivity contribution in [3.8, 4) is 0 Å². The van der Waals surface area contributed by atoms with Gasteiger partial charge in [-0.2, -0.15) is 13.2 Å². The van der Waals surface area contributed by atoms with Gasteiger partial charge in [0.2, 0.25) is 0 Å². The fraction of sp³-hybridized carbons (Fsp3) is 0.167. The Morgan fingerprint density at radius 2 is 1.84 bits per heavy atom. The highest BCUT2D eigenvalue weighted by Gasteiger charge is 2.29. The Hall–Kier alpha value is -2.31. The molecule has 2 aromatic rings. The maximum atomic E-state index is 11.8. The van der Waals surface area contributed by atoms with Gasteiger partial charge in [0.1, 0.15) is 11.3 Å². The normalized spacial score (nSPS) is 10.5. The zero-order valence-electron chi connectivity index (χ0n) is 9.94. The SMILES string of the molecule is Cc1oncc1C(N)=O.FC(F)(F)c1ccccc1. The average Bonchev–Trinajstić information content (AvgIpc) is 2.76. The molecule has 0 saturated heterocycles. The van der Waals surface area contributed by atoms with E-state index < -0.39 is 17.6 Å². The lowest BCUT2D eigenvalue weighted by Gasteiger charge is -2.03. The first kappa shape index (κ1) is 14.7. The number of nitrogens with zero attached hydrogens (tertiary/aromatic N) is 1. The van der Waals surface area contributed by atoms with Crippen LogP contribution in [0.25, 0.3) is 0 Å². The topological polar surface area (TPSA) is 69.1 Å². The van der Waals surface area contributed by atoms with Gasteiger partial charge in [0.05, 0.1) is 11.8 Å². The number of aryl methyl sites for hydroxylation is 1. The van der Waals surface area contributed by atoms with Crippen LogP contribution >= 0.6 is 0 Å². The molecule has 0 saturated carbocycles. The molecule has 0 radical (unpaired) electrons. The summed E-state index contributed by atoms with van der Waals surface area (Å²) in [5.41, 5.74) is 4.66. The molecule has 7 heteroatoms. The fourth-order valence-electron chi connectivity index (χ4n) is 1.16. The van der Waals surface area contributed by atoms with Gasteiger partial charge in [0.25, 0.3) is 5.91 Å². The van der Waals surface area contributed by atoms with Crippen LogP contribution in [0.15, 0.2) is 41.1 Å². The van der Waals surface area contributed by atoms with Crippen molar-refractivity contribution in [1.29, 1.82) is 0 Å². The predicted octanol–water partition coefficient (Wildman–Crippen LogP) is 2.79. The van der Waals surface area contributed by atoms with Gasteiger partial charge in [-0.15, -0.1) is 0 Å². The number of benzene rings is 1. The monoisotopic (exact) mass is 272 g/mol. The van der Waals surface area contributed by atoms with E-state index >= 15 is 0 Å². The van der Waals surface area contributed by atoms with Crippen LogP contribution in [-0.4, -0.2) is 11.1 Å². The summed E-state index contributed by atoms with van der Waals surface area (Å²) in [6.07, 6.45) is -2.90. The summed E-state index contributed by atoms with van der Waals surface area (Å²) in [6.45, 7) is 1.63. The largest absolute Gasteiger partial charge is 0.416 e. The Morgan fingerprint density at radius 1 is 1.26 bits per heavy atom. The van der Waals surface area contributed by atoms with Crippen molar-refractivity contribution in [3.63, 3.8) is 0 Å². The van der Waals surface area contributed by atoms with Crippen molar-refractivity contribution in [3.05, 3.63) is 53.4 Å². The van der Waals surface area contributed by atoms with Gasteiger partial charge in [0, 0.05) is 0 Å². The number of amides is 1. The number of alkyl halides is 3. The van der Waals surface area contributed by atoms with Crippen molar-refractivity contribution in [2.24, 2.45) is 5.73 Å². The number of halogens is 3. The number of carbonyl (C=O) groups excluding carboxylic acids is 1. The average molecular weight is 272 g/mol. The highest BCUT2D eigenvalue weighted by atomic mass is 19.4. The minimum absolute atomic E-state index is 0.343. The number of nitrogens with two attached hydrogens (primary N) is 1. The number of hydrogen-bond donors (Lipinski definition) is 1. The molecular formula is C12H11F3N2O2. The molecule has 1 aromatic heterocycles. The van der Waals surface area contributed by atoms with Crippen molar-refractivity contribution in [1.82, 2.24) is 5.16 Å². The molecule has 0 aliphatic carbocycles. The Morgan fingerprint density at radius 3 is 2.11 bits per heavy atom. The summed E-state index contributed by atoms with van der Waals surface area (Å²) in [4.78, 5) is 10.4. The third-order valence-corrected chi connectivity index (χ3v) is 2.12. The number of primary amides is 1. The molecule has 0 aliphatic rings. The molecule has 19 heavy (non-hydrogen) atoms. The van der Waals surface area contributed by atoms with E-state index in [0.29, 0.717) is 11.3 Å². The summed E-state index contributed by atoms with van der Waals surface area (Å²) in [5, 5.41) is 3.37. The van der Waals surface area contributed by atoms with Crippen LogP contribution in [-0.2, 0) is 6.18 Å². The lowest BCUT2D eigenvalue weighted by molar-refractivity contribution is -0.137. The summed E-state index contributed by atoms with van der Waals surface area (Å²) in [7, 11) is 0. The first-order chi connectivity index (χ1) is 8.82. The van der Waals surface area contributed by atoms with Crippen molar-refractivity contribution in [2.45, 2.75) is 13.1 Å². The van der Waals surface area contributed by atoms with Crippen LogP contribution in [0.4, 0.5) is 13.2 Å². The third kappa shape index (κ3) is 4.46. The quantitative estimate of drug-likeness (QED) is 0.867. The van der Waals surface area contributed by atoms with E-state index in [4.69, 9.17) is 5.73 Å². The van der Waals surface area contributed by atoms with Crippen LogP contribution in [0, 0.1) is 6.92 Å². The van der Waals surface area contributed by atoms with Crippen LogP contribution < -0.4 is 5.73 Å². The zero-order valence-corrected chi connectivity index (χ0v) is 9.94. The Kier molecular flexibility index (Phi) is 4.68. The first-order valence-corrected chi connectivity index (χ1v) is 5.15. The minimum Gasteiger partial charge on any atom is -0.365 e.